The Morgan fingerprint density at radius 2 is 2.16 bits per heavy atom. The van der Waals surface area contributed by atoms with E-state index < -0.39 is 10.0 Å². The van der Waals surface area contributed by atoms with E-state index in [9.17, 15) is 8.42 Å². The zero-order chi connectivity index (χ0) is 14.3. The third-order valence-electron chi connectivity index (χ3n) is 3.28. The van der Waals surface area contributed by atoms with Crippen LogP contribution in [0, 0.1) is 5.92 Å². The summed E-state index contributed by atoms with van der Waals surface area (Å²) in [6, 6.07) is 1.63. The standard InChI is InChI=1S/C13H24N2O2S2/c1-3-5-6-11(4-2)10-15-19(16,17)13-7-8-18-12(13)9-14/h7-8,11,15H,3-6,9-10,14H2,1-2H3. The summed E-state index contributed by atoms with van der Waals surface area (Å²) in [5, 5.41) is 1.77. The summed E-state index contributed by atoms with van der Waals surface area (Å²) in [5.74, 6) is 0.412. The molecule has 4 nitrogen and oxygen atoms in total. The Morgan fingerprint density at radius 1 is 1.42 bits per heavy atom. The van der Waals surface area contributed by atoms with Gasteiger partial charge < -0.3 is 5.73 Å². The van der Waals surface area contributed by atoms with Gasteiger partial charge in [0, 0.05) is 18.0 Å². The van der Waals surface area contributed by atoms with Crippen molar-refractivity contribution in [2.75, 3.05) is 6.54 Å². The number of unbranched alkanes of at least 4 members (excludes halogenated alkanes) is 1. The maximum Gasteiger partial charge on any atom is 0.241 e. The molecule has 3 N–H and O–H groups in total. The molecule has 0 amide bonds. The highest BCUT2D eigenvalue weighted by Gasteiger charge is 2.20. The van der Waals surface area contributed by atoms with Crippen molar-refractivity contribution in [2.45, 2.75) is 51.0 Å². The maximum atomic E-state index is 12.2. The Labute approximate surface area is 120 Å². The molecule has 1 atom stereocenters. The van der Waals surface area contributed by atoms with Gasteiger partial charge in [0.05, 0.1) is 4.90 Å². The quantitative estimate of drug-likeness (QED) is 0.737. The number of thiophene rings is 1. The van der Waals surface area contributed by atoms with Crippen LogP contribution in [-0.2, 0) is 16.6 Å². The number of hydrogen-bond donors (Lipinski definition) is 2. The lowest BCUT2D eigenvalue weighted by atomic mass is 10.00. The average Bonchev–Trinajstić information content (AvgIpc) is 2.88. The SMILES string of the molecule is CCCCC(CC)CNS(=O)(=O)c1ccsc1CN. The van der Waals surface area contributed by atoms with E-state index >= 15 is 0 Å². The second-order valence-corrected chi connectivity index (χ2v) is 7.42. The molecule has 1 aromatic rings. The molecule has 0 spiro atoms. The van der Waals surface area contributed by atoms with Crippen molar-refractivity contribution in [1.29, 1.82) is 0 Å². The fourth-order valence-corrected chi connectivity index (χ4v) is 4.42. The molecular formula is C13H24N2O2S2. The molecule has 0 fully saturated rings. The van der Waals surface area contributed by atoms with Crippen molar-refractivity contribution in [2.24, 2.45) is 11.7 Å². The average molecular weight is 304 g/mol. The van der Waals surface area contributed by atoms with Gasteiger partial charge in [-0.3, -0.25) is 0 Å². The molecule has 19 heavy (non-hydrogen) atoms. The molecule has 0 bridgehead atoms. The van der Waals surface area contributed by atoms with Gasteiger partial charge in [-0.2, -0.15) is 0 Å². The Hall–Kier alpha value is -0.430. The highest BCUT2D eigenvalue weighted by Crippen LogP contribution is 2.21. The first-order valence-corrected chi connectivity index (χ1v) is 9.17. The first kappa shape index (κ1) is 16.6. The van der Waals surface area contributed by atoms with Gasteiger partial charge in [-0.05, 0) is 23.8 Å². The van der Waals surface area contributed by atoms with Crippen LogP contribution in [0.15, 0.2) is 16.3 Å². The van der Waals surface area contributed by atoms with Crippen LogP contribution in [0.4, 0.5) is 0 Å². The molecule has 1 heterocycles. The van der Waals surface area contributed by atoms with Crippen molar-refractivity contribution >= 4 is 21.4 Å². The van der Waals surface area contributed by atoms with Gasteiger partial charge in [-0.25, -0.2) is 13.1 Å². The van der Waals surface area contributed by atoms with Crippen molar-refractivity contribution in [3.8, 4) is 0 Å². The molecule has 0 aliphatic rings. The number of sulfonamides is 1. The molecule has 0 aromatic carbocycles. The van der Waals surface area contributed by atoms with Gasteiger partial charge >= 0.3 is 0 Å². The molecule has 0 aliphatic carbocycles. The van der Waals surface area contributed by atoms with E-state index in [2.05, 4.69) is 18.6 Å². The van der Waals surface area contributed by atoms with Gasteiger partial charge in [0.25, 0.3) is 0 Å². The first-order chi connectivity index (χ1) is 9.05. The summed E-state index contributed by atoms with van der Waals surface area (Å²) in [6.45, 7) is 5.03. The Bertz CT molecular complexity index is 469. The molecule has 0 saturated carbocycles. The van der Waals surface area contributed by atoms with E-state index in [1.165, 1.54) is 11.3 Å². The first-order valence-electron chi connectivity index (χ1n) is 6.81. The lowest BCUT2D eigenvalue weighted by Crippen LogP contribution is -2.29. The molecule has 110 valence electrons. The van der Waals surface area contributed by atoms with Crippen LogP contribution < -0.4 is 10.5 Å². The van der Waals surface area contributed by atoms with Crippen LogP contribution in [0.25, 0.3) is 0 Å². The summed E-state index contributed by atoms with van der Waals surface area (Å²) in [6.07, 6.45) is 4.36. The fraction of sp³-hybridized carbons (Fsp3) is 0.692. The summed E-state index contributed by atoms with van der Waals surface area (Å²) >= 11 is 1.39. The van der Waals surface area contributed by atoms with E-state index in [0.717, 1.165) is 25.7 Å². The van der Waals surface area contributed by atoms with Crippen LogP contribution in [-0.4, -0.2) is 15.0 Å². The summed E-state index contributed by atoms with van der Waals surface area (Å²) in [4.78, 5) is 1.06. The smallest absolute Gasteiger partial charge is 0.241 e. The third kappa shape index (κ3) is 4.87. The van der Waals surface area contributed by atoms with Gasteiger partial charge in [-0.1, -0.05) is 33.1 Å². The second kappa shape index (κ2) is 7.99. The number of nitrogens with two attached hydrogens (primary N) is 1. The number of rotatable bonds is 9. The normalized spacial score (nSPS) is 13.6. The molecule has 0 aliphatic heterocycles. The predicted octanol–water partition coefficient (Wildman–Crippen LogP) is 2.70. The monoisotopic (exact) mass is 304 g/mol. The van der Waals surface area contributed by atoms with Crippen LogP contribution in [0.3, 0.4) is 0 Å². The van der Waals surface area contributed by atoms with Crippen molar-refractivity contribution in [3.63, 3.8) is 0 Å². The Balaban J connectivity index is 2.64. The van der Waals surface area contributed by atoms with Gasteiger partial charge in [0.1, 0.15) is 0 Å². The largest absolute Gasteiger partial charge is 0.326 e. The zero-order valence-corrected chi connectivity index (χ0v) is 13.3. The maximum absolute atomic E-state index is 12.2. The van der Waals surface area contributed by atoms with Crippen LogP contribution in [0.5, 0.6) is 0 Å². The Morgan fingerprint density at radius 3 is 2.74 bits per heavy atom. The van der Waals surface area contributed by atoms with Crippen LogP contribution >= 0.6 is 11.3 Å². The highest BCUT2D eigenvalue weighted by molar-refractivity contribution is 7.89. The third-order valence-corrected chi connectivity index (χ3v) is 5.87. The van der Waals surface area contributed by atoms with Gasteiger partial charge in [-0.15, -0.1) is 11.3 Å². The van der Waals surface area contributed by atoms with Crippen molar-refractivity contribution < 1.29 is 8.42 Å². The summed E-state index contributed by atoms with van der Waals surface area (Å²) < 4.78 is 27.1. The van der Waals surface area contributed by atoms with Gasteiger partial charge in [0.15, 0.2) is 0 Å². The minimum atomic E-state index is -3.41. The summed E-state index contributed by atoms with van der Waals surface area (Å²) in [5.41, 5.74) is 5.56. The lowest BCUT2D eigenvalue weighted by Gasteiger charge is -2.15. The predicted molar refractivity (Wildman–Crippen MR) is 80.7 cm³/mol. The molecule has 0 radical (unpaired) electrons. The molecule has 1 aromatic heterocycles. The minimum Gasteiger partial charge on any atom is -0.326 e. The summed E-state index contributed by atoms with van der Waals surface area (Å²) in [7, 11) is -3.41. The van der Waals surface area contributed by atoms with Crippen LogP contribution in [0.1, 0.15) is 44.4 Å². The van der Waals surface area contributed by atoms with Crippen molar-refractivity contribution in [1.82, 2.24) is 4.72 Å². The lowest BCUT2D eigenvalue weighted by molar-refractivity contribution is 0.443. The van der Waals surface area contributed by atoms with E-state index in [1.54, 1.807) is 11.4 Å². The highest BCUT2D eigenvalue weighted by atomic mass is 32.2. The van der Waals surface area contributed by atoms with E-state index in [1.807, 2.05) is 0 Å². The van der Waals surface area contributed by atoms with E-state index in [-0.39, 0.29) is 6.54 Å². The molecule has 0 saturated heterocycles. The number of hydrogen-bond acceptors (Lipinski definition) is 4. The van der Waals surface area contributed by atoms with Crippen LogP contribution in [0.2, 0.25) is 0 Å². The second-order valence-electron chi connectivity index (χ2n) is 4.68. The van der Waals surface area contributed by atoms with Crippen molar-refractivity contribution in [3.05, 3.63) is 16.3 Å². The minimum absolute atomic E-state index is 0.265. The van der Waals surface area contributed by atoms with Gasteiger partial charge in [0.2, 0.25) is 10.0 Å². The topological polar surface area (TPSA) is 72.2 Å². The zero-order valence-electron chi connectivity index (χ0n) is 11.7. The Kier molecular flexibility index (Phi) is 6.99. The number of nitrogens with one attached hydrogen (secondary N) is 1. The molecular weight excluding hydrogens is 280 g/mol. The van der Waals surface area contributed by atoms with E-state index in [0.29, 0.717) is 22.2 Å². The van der Waals surface area contributed by atoms with E-state index in [4.69, 9.17) is 5.73 Å². The molecule has 6 heteroatoms. The molecule has 1 rings (SSSR count). The fourth-order valence-electron chi connectivity index (χ4n) is 1.97. The molecule has 1 unspecified atom stereocenters.